The van der Waals surface area contributed by atoms with Crippen molar-refractivity contribution >= 4 is 0 Å². The van der Waals surface area contributed by atoms with Crippen LogP contribution in [-0.4, -0.2) is 24.0 Å². The third-order valence-electron chi connectivity index (χ3n) is 2.56. The summed E-state index contributed by atoms with van der Waals surface area (Å²) < 4.78 is 0. The second kappa shape index (κ2) is 2.75. The Morgan fingerprint density at radius 1 is 1.30 bits per heavy atom. The van der Waals surface area contributed by atoms with E-state index in [1.165, 1.54) is 18.4 Å². The van der Waals surface area contributed by atoms with E-state index >= 15 is 0 Å². The molecule has 1 heterocycles. The average molecular weight is 139 g/mol. The van der Waals surface area contributed by atoms with Gasteiger partial charge in [-0.15, -0.1) is 0 Å². The van der Waals surface area contributed by atoms with E-state index in [-0.39, 0.29) is 0 Å². The molecule has 58 valence electrons. The van der Waals surface area contributed by atoms with Crippen LogP contribution in [0.25, 0.3) is 0 Å². The van der Waals surface area contributed by atoms with Crippen molar-refractivity contribution in [2.45, 2.75) is 38.8 Å². The topological polar surface area (TPSA) is 3.24 Å². The standard InChI is InChI=1S/C9H17N/c1-7-5-8(2)10(4)9(3)6-7/h8-9H,1,5-6H2,2-4H3. The summed E-state index contributed by atoms with van der Waals surface area (Å²) in [6.07, 6.45) is 2.36. The van der Waals surface area contributed by atoms with Gasteiger partial charge in [0, 0.05) is 12.1 Å². The van der Waals surface area contributed by atoms with Gasteiger partial charge in [0.25, 0.3) is 0 Å². The van der Waals surface area contributed by atoms with E-state index in [4.69, 9.17) is 0 Å². The largest absolute Gasteiger partial charge is 0.300 e. The van der Waals surface area contributed by atoms with Gasteiger partial charge in [-0.3, -0.25) is 0 Å². The summed E-state index contributed by atoms with van der Waals surface area (Å²) in [5, 5.41) is 0. The Hall–Kier alpha value is -0.300. The number of nitrogens with zero attached hydrogens (tertiary/aromatic N) is 1. The second-order valence-corrected chi connectivity index (χ2v) is 3.52. The molecule has 0 aromatic rings. The van der Waals surface area contributed by atoms with Crippen LogP contribution in [0.4, 0.5) is 0 Å². The van der Waals surface area contributed by atoms with E-state index in [0.717, 1.165) is 0 Å². The maximum atomic E-state index is 4.02. The molecule has 1 aliphatic heterocycles. The van der Waals surface area contributed by atoms with Crippen molar-refractivity contribution in [3.05, 3.63) is 12.2 Å². The molecule has 0 radical (unpaired) electrons. The summed E-state index contributed by atoms with van der Waals surface area (Å²) in [6, 6.07) is 1.38. The van der Waals surface area contributed by atoms with Crippen LogP contribution < -0.4 is 0 Å². The number of piperidine rings is 1. The third-order valence-corrected chi connectivity index (χ3v) is 2.56. The monoisotopic (exact) mass is 139 g/mol. The van der Waals surface area contributed by atoms with E-state index in [2.05, 4.69) is 32.4 Å². The summed E-state index contributed by atoms with van der Waals surface area (Å²) in [7, 11) is 2.20. The molecule has 1 aliphatic rings. The van der Waals surface area contributed by atoms with Crippen molar-refractivity contribution in [3.63, 3.8) is 0 Å². The fraction of sp³-hybridized carbons (Fsp3) is 0.778. The highest BCUT2D eigenvalue weighted by Gasteiger charge is 2.22. The van der Waals surface area contributed by atoms with Gasteiger partial charge in [0.1, 0.15) is 0 Å². The van der Waals surface area contributed by atoms with Gasteiger partial charge in [0.15, 0.2) is 0 Å². The first-order chi connectivity index (χ1) is 4.61. The van der Waals surface area contributed by atoms with Gasteiger partial charge in [0.2, 0.25) is 0 Å². The second-order valence-electron chi connectivity index (χ2n) is 3.52. The van der Waals surface area contributed by atoms with Gasteiger partial charge in [-0.1, -0.05) is 12.2 Å². The molecule has 0 amide bonds. The molecule has 0 spiro atoms. The maximum absolute atomic E-state index is 4.02. The van der Waals surface area contributed by atoms with Crippen LogP contribution in [0.15, 0.2) is 12.2 Å². The lowest BCUT2D eigenvalue weighted by molar-refractivity contribution is 0.167. The van der Waals surface area contributed by atoms with Crippen LogP contribution in [0.2, 0.25) is 0 Å². The number of likely N-dealkylation sites (tertiary alicyclic amines) is 1. The van der Waals surface area contributed by atoms with Crippen LogP contribution in [0, 0.1) is 0 Å². The minimum atomic E-state index is 0.691. The van der Waals surface area contributed by atoms with Crippen molar-refractivity contribution in [1.29, 1.82) is 0 Å². The van der Waals surface area contributed by atoms with Gasteiger partial charge < -0.3 is 4.90 Å². The molecule has 0 bridgehead atoms. The summed E-state index contributed by atoms with van der Waals surface area (Å²) in [5.74, 6) is 0. The van der Waals surface area contributed by atoms with Crippen molar-refractivity contribution in [1.82, 2.24) is 4.90 Å². The van der Waals surface area contributed by atoms with Crippen LogP contribution in [0.1, 0.15) is 26.7 Å². The predicted molar refractivity (Wildman–Crippen MR) is 45.1 cm³/mol. The molecular weight excluding hydrogens is 122 g/mol. The van der Waals surface area contributed by atoms with Crippen LogP contribution in [-0.2, 0) is 0 Å². The fourth-order valence-electron chi connectivity index (χ4n) is 1.64. The molecule has 1 rings (SSSR count). The first-order valence-corrected chi connectivity index (χ1v) is 4.00. The Labute approximate surface area is 63.7 Å². The van der Waals surface area contributed by atoms with E-state index in [1.807, 2.05) is 0 Å². The number of hydrogen-bond acceptors (Lipinski definition) is 1. The van der Waals surface area contributed by atoms with Gasteiger partial charge in [-0.25, -0.2) is 0 Å². The molecule has 0 saturated carbocycles. The molecule has 1 heteroatoms. The minimum Gasteiger partial charge on any atom is -0.300 e. The maximum Gasteiger partial charge on any atom is 0.0104 e. The van der Waals surface area contributed by atoms with Crippen molar-refractivity contribution in [2.75, 3.05) is 7.05 Å². The third kappa shape index (κ3) is 1.40. The van der Waals surface area contributed by atoms with Crippen LogP contribution in [0.3, 0.4) is 0 Å². The lowest BCUT2D eigenvalue weighted by atomic mass is 9.94. The van der Waals surface area contributed by atoms with Gasteiger partial charge in [-0.05, 0) is 33.7 Å². The average Bonchev–Trinajstić information content (AvgIpc) is 1.82. The highest BCUT2D eigenvalue weighted by atomic mass is 15.2. The SMILES string of the molecule is C=C1CC(C)N(C)C(C)C1. The molecule has 0 aliphatic carbocycles. The fourth-order valence-corrected chi connectivity index (χ4v) is 1.64. The van der Waals surface area contributed by atoms with E-state index in [1.54, 1.807) is 0 Å². The van der Waals surface area contributed by atoms with Gasteiger partial charge >= 0.3 is 0 Å². The molecule has 2 atom stereocenters. The Bertz CT molecular complexity index is 126. The molecule has 0 N–H and O–H groups in total. The highest BCUT2D eigenvalue weighted by molar-refractivity contribution is 5.04. The zero-order chi connectivity index (χ0) is 7.72. The van der Waals surface area contributed by atoms with E-state index < -0.39 is 0 Å². The molecule has 1 nitrogen and oxygen atoms in total. The zero-order valence-corrected chi connectivity index (χ0v) is 7.22. The Morgan fingerprint density at radius 2 is 1.70 bits per heavy atom. The van der Waals surface area contributed by atoms with Crippen LogP contribution >= 0.6 is 0 Å². The van der Waals surface area contributed by atoms with E-state index in [0.29, 0.717) is 12.1 Å². The van der Waals surface area contributed by atoms with Gasteiger partial charge in [0.05, 0.1) is 0 Å². The van der Waals surface area contributed by atoms with Crippen LogP contribution in [0.5, 0.6) is 0 Å². The van der Waals surface area contributed by atoms with Crippen molar-refractivity contribution in [2.24, 2.45) is 0 Å². The summed E-state index contributed by atoms with van der Waals surface area (Å²) >= 11 is 0. The molecule has 1 saturated heterocycles. The normalized spacial score (nSPS) is 36.5. The quantitative estimate of drug-likeness (QED) is 0.464. The van der Waals surface area contributed by atoms with Crippen molar-refractivity contribution in [3.8, 4) is 0 Å². The lowest BCUT2D eigenvalue weighted by Gasteiger charge is -2.36. The lowest BCUT2D eigenvalue weighted by Crippen LogP contribution is -2.41. The summed E-state index contributed by atoms with van der Waals surface area (Å²) in [6.45, 7) is 8.55. The minimum absolute atomic E-state index is 0.691. The highest BCUT2D eigenvalue weighted by Crippen LogP contribution is 2.23. The predicted octanol–water partition coefficient (Wildman–Crippen LogP) is 2.05. The molecule has 1 fully saturated rings. The number of hydrogen-bond donors (Lipinski definition) is 0. The molecular formula is C9H17N. The first-order valence-electron chi connectivity index (χ1n) is 4.00. The Morgan fingerprint density at radius 3 is 2.10 bits per heavy atom. The molecule has 2 unspecified atom stereocenters. The Balaban J connectivity index is 2.57. The first kappa shape index (κ1) is 7.80. The van der Waals surface area contributed by atoms with Crippen molar-refractivity contribution < 1.29 is 0 Å². The molecule has 0 aromatic heterocycles. The number of rotatable bonds is 0. The molecule has 10 heavy (non-hydrogen) atoms. The van der Waals surface area contributed by atoms with Gasteiger partial charge in [-0.2, -0.15) is 0 Å². The smallest absolute Gasteiger partial charge is 0.0104 e. The Kier molecular flexibility index (Phi) is 2.14. The van der Waals surface area contributed by atoms with E-state index in [9.17, 15) is 0 Å². The zero-order valence-electron chi connectivity index (χ0n) is 7.22. The summed E-state index contributed by atoms with van der Waals surface area (Å²) in [5.41, 5.74) is 1.41. The summed E-state index contributed by atoms with van der Waals surface area (Å²) in [4.78, 5) is 2.43. The molecule has 0 aromatic carbocycles.